The highest BCUT2D eigenvalue weighted by Crippen LogP contribution is 2.31. The van der Waals surface area contributed by atoms with Gasteiger partial charge in [0.25, 0.3) is 0 Å². The maximum atomic E-state index is 12.8. The van der Waals surface area contributed by atoms with Crippen LogP contribution in [0.15, 0.2) is 23.1 Å². The molecule has 25 heavy (non-hydrogen) atoms. The largest absolute Gasteiger partial charge is 0.367 e. The van der Waals surface area contributed by atoms with Gasteiger partial charge in [0, 0.05) is 46.2 Å². The second-order valence-corrected chi connectivity index (χ2v) is 8.18. The highest BCUT2D eigenvalue weighted by molar-refractivity contribution is 7.89. The Morgan fingerprint density at radius 3 is 2.28 bits per heavy atom. The number of sulfonamides is 1. The summed E-state index contributed by atoms with van der Waals surface area (Å²) in [6, 6.07) is 5.00. The molecule has 0 spiro atoms. The third-order valence-corrected chi connectivity index (χ3v) is 6.51. The van der Waals surface area contributed by atoms with E-state index in [1.54, 1.807) is 18.2 Å². The van der Waals surface area contributed by atoms with Crippen molar-refractivity contribution in [2.24, 2.45) is 0 Å². The monoisotopic (exact) mass is 368 g/mol. The predicted octanol–water partition coefficient (Wildman–Crippen LogP) is 1.43. The van der Waals surface area contributed by atoms with E-state index in [0.29, 0.717) is 18.8 Å². The van der Waals surface area contributed by atoms with Crippen molar-refractivity contribution in [3.63, 3.8) is 0 Å². The minimum atomic E-state index is -3.56. The number of benzene rings is 1. The zero-order chi connectivity index (χ0) is 18.6. The van der Waals surface area contributed by atoms with Gasteiger partial charge in [-0.15, -0.1) is 0 Å². The second kappa shape index (κ2) is 8.16. The number of nitrogens with zero attached hydrogens (tertiary/aromatic N) is 3. The molecule has 2 rings (SSSR count). The van der Waals surface area contributed by atoms with Gasteiger partial charge in [0.05, 0.1) is 16.3 Å². The number of hydrogen-bond donors (Lipinski definition) is 1. The Morgan fingerprint density at radius 1 is 1.16 bits per heavy atom. The van der Waals surface area contributed by atoms with Crippen LogP contribution in [0.3, 0.4) is 0 Å². The fourth-order valence-electron chi connectivity index (χ4n) is 3.00. The maximum absolute atomic E-state index is 12.8. The zero-order valence-corrected chi connectivity index (χ0v) is 16.3. The molecule has 140 valence electrons. The molecule has 8 heteroatoms. The molecule has 1 aromatic carbocycles. The van der Waals surface area contributed by atoms with Gasteiger partial charge in [-0.1, -0.05) is 13.8 Å². The van der Waals surface area contributed by atoms with E-state index in [4.69, 9.17) is 0 Å². The summed E-state index contributed by atoms with van der Waals surface area (Å²) in [6.07, 6.45) is 0. The van der Waals surface area contributed by atoms with Crippen molar-refractivity contribution in [3.8, 4) is 0 Å². The van der Waals surface area contributed by atoms with Gasteiger partial charge in [0.2, 0.25) is 15.9 Å². The third-order valence-electron chi connectivity index (χ3n) is 4.47. The van der Waals surface area contributed by atoms with E-state index in [2.05, 4.69) is 22.2 Å². The number of piperazine rings is 1. The fraction of sp³-hybridized carbons (Fsp3) is 0.588. The van der Waals surface area contributed by atoms with E-state index in [9.17, 15) is 13.2 Å². The van der Waals surface area contributed by atoms with E-state index < -0.39 is 10.0 Å². The first-order valence-electron chi connectivity index (χ1n) is 8.64. The fourth-order valence-corrected chi connectivity index (χ4v) is 4.49. The van der Waals surface area contributed by atoms with E-state index >= 15 is 0 Å². The SMILES string of the molecule is CCN(CC)S(=O)(=O)c1ccc(N2CCN(C)CC2)c(NC(C)=O)c1. The average molecular weight is 369 g/mol. The number of amides is 1. The van der Waals surface area contributed by atoms with Crippen LogP contribution >= 0.6 is 0 Å². The predicted molar refractivity (Wildman–Crippen MR) is 101 cm³/mol. The van der Waals surface area contributed by atoms with Gasteiger partial charge < -0.3 is 15.1 Å². The smallest absolute Gasteiger partial charge is 0.243 e. The molecular formula is C17H28N4O3S. The molecule has 1 aromatic rings. The van der Waals surface area contributed by atoms with E-state index in [1.807, 2.05) is 13.8 Å². The standard InChI is InChI=1S/C17H28N4O3S/c1-5-21(6-2)25(23,24)15-7-8-17(16(13-15)18-14(3)22)20-11-9-19(4)10-12-20/h7-8,13H,5-6,9-12H2,1-4H3,(H,18,22). The Bertz CT molecular complexity index is 709. The van der Waals surface area contributed by atoms with E-state index in [0.717, 1.165) is 31.9 Å². The van der Waals surface area contributed by atoms with Crippen LogP contribution in [0, 0.1) is 0 Å². The van der Waals surface area contributed by atoms with Crippen LogP contribution < -0.4 is 10.2 Å². The van der Waals surface area contributed by atoms with Gasteiger partial charge in [-0.25, -0.2) is 8.42 Å². The van der Waals surface area contributed by atoms with Gasteiger partial charge in [-0.2, -0.15) is 4.31 Å². The number of rotatable bonds is 6. The normalized spacial score (nSPS) is 16.3. The van der Waals surface area contributed by atoms with Gasteiger partial charge in [0.15, 0.2) is 0 Å². The summed E-state index contributed by atoms with van der Waals surface area (Å²) in [6.45, 7) is 9.42. The Labute approximate surface area is 150 Å². The lowest BCUT2D eigenvalue weighted by molar-refractivity contribution is -0.114. The molecule has 1 heterocycles. The summed E-state index contributed by atoms with van der Waals surface area (Å²) >= 11 is 0. The lowest BCUT2D eigenvalue weighted by Crippen LogP contribution is -2.44. The van der Waals surface area contributed by atoms with E-state index in [-0.39, 0.29) is 10.8 Å². The average Bonchev–Trinajstić information content (AvgIpc) is 2.56. The van der Waals surface area contributed by atoms with Crippen molar-refractivity contribution in [2.75, 3.05) is 56.5 Å². The molecule has 0 bridgehead atoms. The first-order chi connectivity index (χ1) is 11.8. The number of hydrogen-bond acceptors (Lipinski definition) is 5. The first kappa shape index (κ1) is 19.7. The summed E-state index contributed by atoms with van der Waals surface area (Å²) in [7, 11) is -1.49. The van der Waals surface area contributed by atoms with Crippen LogP contribution in [0.2, 0.25) is 0 Å². The van der Waals surface area contributed by atoms with Crippen LogP contribution in [-0.4, -0.2) is 69.8 Å². The van der Waals surface area contributed by atoms with Gasteiger partial charge >= 0.3 is 0 Å². The Morgan fingerprint density at radius 2 is 1.76 bits per heavy atom. The topological polar surface area (TPSA) is 73.0 Å². The molecule has 0 aliphatic carbocycles. The summed E-state index contributed by atoms with van der Waals surface area (Å²) in [5.74, 6) is -0.215. The quantitative estimate of drug-likeness (QED) is 0.822. The lowest BCUT2D eigenvalue weighted by Gasteiger charge is -2.35. The Kier molecular flexibility index (Phi) is 6.42. The molecule has 1 fully saturated rings. The molecular weight excluding hydrogens is 340 g/mol. The summed E-state index contributed by atoms with van der Waals surface area (Å²) in [5, 5.41) is 2.79. The number of carbonyl (C=O) groups excluding carboxylic acids is 1. The van der Waals surface area contributed by atoms with E-state index in [1.165, 1.54) is 11.2 Å². The molecule has 1 aliphatic heterocycles. The van der Waals surface area contributed by atoms with Crippen molar-refractivity contribution < 1.29 is 13.2 Å². The number of nitrogens with one attached hydrogen (secondary N) is 1. The van der Waals surface area contributed by atoms with Crippen molar-refractivity contribution >= 4 is 27.3 Å². The van der Waals surface area contributed by atoms with Crippen LogP contribution in [0.1, 0.15) is 20.8 Å². The Balaban J connectivity index is 2.41. The summed E-state index contributed by atoms with van der Waals surface area (Å²) in [5.41, 5.74) is 1.41. The molecule has 1 aliphatic rings. The number of anilines is 2. The van der Waals surface area contributed by atoms with Crippen LogP contribution in [0.4, 0.5) is 11.4 Å². The van der Waals surface area contributed by atoms with Crippen molar-refractivity contribution in [3.05, 3.63) is 18.2 Å². The van der Waals surface area contributed by atoms with Crippen molar-refractivity contribution in [2.45, 2.75) is 25.7 Å². The molecule has 0 unspecified atom stereocenters. The molecule has 7 nitrogen and oxygen atoms in total. The lowest BCUT2D eigenvalue weighted by atomic mass is 10.2. The number of carbonyl (C=O) groups is 1. The molecule has 1 amide bonds. The van der Waals surface area contributed by atoms with Gasteiger partial charge in [-0.05, 0) is 25.2 Å². The van der Waals surface area contributed by atoms with Crippen LogP contribution in [0.5, 0.6) is 0 Å². The van der Waals surface area contributed by atoms with Crippen LogP contribution in [0.25, 0.3) is 0 Å². The van der Waals surface area contributed by atoms with Crippen molar-refractivity contribution in [1.29, 1.82) is 0 Å². The summed E-state index contributed by atoms with van der Waals surface area (Å²) < 4.78 is 26.9. The Hall–Kier alpha value is -1.64. The minimum Gasteiger partial charge on any atom is -0.367 e. The third kappa shape index (κ3) is 4.50. The minimum absolute atomic E-state index is 0.206. The number of likely N-dealkylation sites (N-methyl/N-ethyl adjacent to an activating group) is 1. The van der Waals surface area contributed by atoms with Crippen molar-refractivity contribution in [1.82, 2.24) is 9.21 Å². The summed E-state index contributed by atoms with van der Waals surface area (Å²) in [4.78, 5) is 16.2. The molecule has 0 radical (unpaired) electrons. The molecule has 1 N–H and O–H groups in total. The molecule has 0 aromatic heterocycles. The van der Waals surface area contributed by atoms with Gasteiger partial charge in [-0.3, -0.25) is 4.79 Å². The van der Waals surface area contributed by atoms with Crippen LogP contribution in [-0.2, 0) is 14.8 Å². The highest BCUT2D eigenvalue weighted by atomic mass is 32.2. The zero-order valence-electron chi connectivity index (χ0n) is 15.4. The molecule has 0 saturated carbocycles. The first-order valence-corrected chi connectivity index (χ1v) is 10.1. The molecule has 1 saturated heterocycles. The van der Waals surface area contributed by atoms with Gasteiger partial charge in [0.1, 0.15) is 0 Å². The maximum Gasteiger partial charge on any atom is 0.243 e. The highest BCUT2D eigenvalue weighted by Gasteiger charge is 2.24. The second-order valence-electron chi connectivity index (χ2n) is 6.24. The molecule has 0 atom stereocenters.